The van der Waals surface area contributed by atoms with Crippen LogP contribution in [-0.2, 0) is 21.2 Å². The molecular weight excluding hydrogens is 468 g/mol. The maximum atomic E-state index is 13.4. The largest absolute Gasteiger partial charge is 0.493 e. The Bertz CT molecular complexity index is 1210. The number of rotatable bonds is 12. The zero-order valence-electron chi connectivity index (χ0n) is 20.1. The summed E-state index contributed by atoms with van der Waals surface area (Å²) >= 11 is 0. The number of anilines is 1. The number of benzene rings is 3. The van der Waals surface area contributed by atoms with Crippen LogP contribution in [0, 0.1) is 0 Å². The first kappa shape index (κ1) is 25.9. The quantitative estimate of drug-likeness (QED) is 0.383. The van der Waals surface area contributed by atoms with E-state index in [9.17, 15) is 13.2 Å². The Labute approximate surface area is 206 Å². The zero-order chi connectivity index (χ0) is 25.3. The number of nitrogens with zero attached hydrogens (tertiary/aromatic N) is 1. The molecule has 0 aliphatic heterocycles. The van der Waals surface area contributed by atoms with E-state index in [2.05, 4.69) is 12.2 Å². The van der Waals surface area contributed by atoms with Crippen molar-refractivity contribution in [3.05, 3.63) is 78.4 Å². The summed E-state index contributed by atoms with van der Waals surface area (Å²) in [6.07, 6.45) is 0.943. The van der Waals surface area contributed by atoms with Gasteiger partial charge in [0.05, 0.1) is 31.3 Å². The number of hydrogen-bond acceptors (Lipinski definition) is 6. The lowest BCUT2D eigenvalue weighted by Crippen LogP contribution is -2.41. The highest BCUT2D eigenvalue weighted by Gasteiger charge is 2.28. The number of ether oxygens (including phenoxy) is 3. The average Bonchev–Trinajstić information content (AvgIpc) is 2.90. The minimum absolute atomic E-state index is 0.0708. The van der Waals surface area contributed by atoms with Crippen molar-refractivity contribution < 1.29 is 27.4 Å². The van der Waals surface area contributed by atoms with E-state index in [1.807, 2.05) is 24.3 Å². The normalized spacial score (nSPS) is 10.9. The molecule has 0 aromatic heterocycles. The minimum Gasteiger partial charge on any atom is -0.493 e. The molecule has 0 spiro atoms. The van der Waals surface area contributed by atoms with Crippen molar-refractivity contribution in [3.8, 4) is 17.2 Å². The van der Waals surface area contributed by atoms with Crippen LogP contribution in [-0.4, -0.2) is 48.2 Å². The summed E-state index contributed by atoms with van der Waals surface area (Å²) in [7, 11) is -1.08. The van der Waals surface area contributed by atoms with E-state index in [0.717, 1.165) is 10.7 Å². The second kappa shape index (κ2) is 12.1. The molecule has 0 aliphatic carbocycles. The highest BCUT2D eigenvalue weighted by atomic mass is 32.2. The van der Waals surface area contributed by atoms with Gasteiger partial charge in [0.1, 0.15) is 18.9 Å². The number of nitrogens with one attached hydrogen (secondary N) is 1. The predicted molar refractivity (Wildman–Crippen MR) is 135 cm³/mol. The van der Waals surface area contributed by atoms with Gasteiger partial charge in [-0.15, -0.1) is 0 Å². The van der Waals surface area contributed by atoms with E-state index in [1.165, 1.54) is 38.0 Å². The first-order valence-corrected chi connectivity index (χ1v) is 12.6. The van der Waals surface area contributed by atoms with Crippen LogP contribution >= 0.6 is 0 Å². The van der Waals surface area contributed by atoms with Crippen LogP contribution in [0.4, 0.5) is 5.69 Å². The fourth-order valence-electron chi connectivity index (χ4n) is 3.38. The highest BCUT2D eigenvalue weighted by molar-refractivity contribution is 7.92. The lowest BCUT2D eigenvalue weighted by Gasteiger charge is -2.25. The number of carbonyl (C=O) groups is 1. The molecule has 3 rings (SSSR count). The predicted octanol–water partition coefficient (Wildman–Crippen LogP) is 3.66. The molecular formula is C26H30N2O6S. The van der Waals surface area contributed by atoms with Crippen molar-refractivity contribution in [2.45, 2.75) is 18.2 Å². The van der Waals surface area contributed by atoms with Gasteiger partial charge < -0.3 is 19.5 Å². The molecule has 0 bridgehead atoms. The maximum Gasteiger partial charge on any atom is 0.264 e. The van der Waals surface area contributed by atoms with Crippen LogP contribution in [0.15, 0.2) is 77.7 Å². The van der Waals surface area contributed by atoms with Crippen LogP contribution in [0.1, 0.15) is 12.5 Å². The molecule has 35 heavy (non-hydrogen) atoms. The molecule has 9 heteroatoms. The second-order valence-electron chi connectivity index (χ2n) is 7.56. The van der Waals surface area contributed by atoms with Gasteiger partial charge in [-0.1, -0.05) is 37.3 Å². The lowest BCUT2D eigenvalue weighted by atomic mass is 10.2. The second-order valence-corrected chi connectivity index (χ2v) is 9.42. The Morgan fingerprint density at radius 2 is 1.60 bits per heavy atom. The summed E-state index contributed by atoms with van der Waals surface area (Å²) in [5.41, 5.74) is 1.48. The van der Waals surface area contributed by atoms with E-state index in [0.29, 0.717) is 17.2 Å². The van der Waals surface area contributed by atoms with E-state index in [1.54, 1.807) is 30.3 Å². The standard InChI is InChI=1S/C26H30N2O6S/c1-4-20-10-13-22(14-11-20)34-17-16-27-26(29)19-28(35(30,31)23-8-6-5-7-9-23)21-12-15-24(32-2)25(18-21)33-3/h5-15,18H,4,16-17,19H2,1-3H3,(H,27,29). The number of carbonyl (C=O) groups excluding carboxylic acids is 1. The molecule has 1 N–H and O–H groups in total. The molecule has 0 saturated heterocycles. The third-order valence-electron chi connectivity index (χ3n) is 5.30. The van der Waals surface area contributed by atoms with Crippen LogP contribution in [0.5, 0.6) is 17.2 Å². The summed E-state index contributed by atoms with van der Waals surface area (Å²) in [4.78, 5) is 12.8. The SMILES string of the molecule is CCc1ccc(OCCNC(=O)CN(c2ccc(OC)c(OC)c2)S(=O)(=O)c2ccccc2)cc1. The fraction of sp³-hybridized carbons (Fsp3) is 0.269. The van der Waals surface area contributed by atoms with Gasteiger partial charge in [-0.3, -0.25) is 9.10 Å². The van der Waals surface area contributed by atoms with E-state index >= 15 is 0 Å². The van der Waals surface area contributed by atoms with Gasteiger partial charge in [0.25, 0.3) is 10.0 Å². The van der Waals surface area contributed by atoms with Crippen molar-refractivity contribution in [2.75, 3.05) is 38.2 Å². The Hall–Kier alpha value is -3.72. The number of hydrogen-bond donors (Lipinski definition) is 1. The summed E-state index contributed by atoms with van der Waals surface area (Å²) in [5, 5.41) is 2.72. The molecule has 0 radical (unpaired) electrons. The van der Waals surface area contributed by atoms with Crippen molar-refractivity contribution in [2.24, 2.45) is 0 Å². The van der Waals surface area contributed by atoms with E-state index in [4.69, 9.17) is 14.2 Å². The Morgan fingerprint density at radius 1 is 0.914 bits per heavy atom. The molecule has 0 saturated carbocycles. The van der Waals surface area contributed by atoms with Gasteiger partial charge >= 0.3 is 0 Å². The third-order valence-corrected chi connectivity index (χ3v) is 7.09. The monoisotopic (exact) mass is 498 g/mol. The number of aryl methyl sites for hydroxylation is 1. The molecule has 186 valence electrons. The van der Waals surface area contributed by atoms with E-state index in [-0.39, 0.29) is 23.7 Å². The van der Waals surface area contributed by atoms with Crippen molar-refractivity contribution in [1.29, 1.82) is 0 Å². The van der Waals surface area contributed by atoms with Gasteiger partial charge in [0.2, 0.25) is 5.91 Å². The number of methoxy groups -OCH3 is 2. The average molecular weight is 499 g/mol. The Kier molecular flexibility index (Phi) is 8.97. The van der Waals surface area contributed by atoms with Crippen LogP contribution in [0.2, 0.25) is 0 Å². The highest BCUT2D eigenvalue weighted by Crippen LogP contribution is 2.33. The Balaban J connectivity index is 1.73. The van der Waals surface area contributed by atoms with Gasteiger partial charge in [0, 0.05) is 6.07 Å². The Morgan fingerprint density at radius 3 is 2.23 bits per heavy atom. The summed E-state index contributed by atoms with van der Waals surface area (Å²) < 4.78 is 44.2. The molecule has 0 unspecified atom stereocenters. The maximum absolute atomic E-state index is 13.4. The third kappa shape index (κ3) is 6.66. The topological polar surface area (TPSA) is 94.2 Å². The first-order valence-electron chi connectivity index (χ1n) is 11.2. The summed E-state index contributed by atoms with van der Waals surface area (Å²) in [6, 6.07) is 20.4. The molecule has 0 fully saturated rings. The van der Waals surface area contributed by atoms with Crippen molar-refractivity contribution in [1.82, 2.24) is 5.32 Å². The molecule has 3 aromatic carbocycles. The van der Waals surface area contributed by atoms with Crippen molar-refractivity contribution in [3.63, 3.8) is 0 Å². The van der Waals surface area contributed by atoms with Gasteiger partial charge in [-0.05, 0) is 48.4 Å². The van der Waals surface area contributed by atoms with Crippen LogP contribution in [0.3, 0.4) is 0 Å². The van der Waals surface area contributed by atoms with Gasteiger partial charge in [-0.2, -0.15) is 0 Å². The molecule has 3 aromatic rings. The smallest absolute Gasteiger partial charge is 0.264 e. The molecule has 0 aliphatic rings. The lowest BCUT2D eigenvalue weighted by molar-refractivity contribution is -0.119. The number of sulfonamides is 1. The molecule has 0 heterocycles. The van der Waals surface area contributed by atoms with E-state index < -0.39 is 22.5 Å². The summed E-state index contributed by atoms with van der Waals surface area (Å²) in [6.45, 7) is 2.13. The fourth-order valence-corrected chi connectivity index (χ4v) is 4.82. The van der Waals surface area contributed by atoms with Gasteiger partial charge in [-0.25, -0.2) is 8.42 Å². The molecule has 8 nitrogen and oxygen atoms in total. The van der Waals surface area contributed by atoms with Crippen LogP contribution < -0.4 is 23.8 Å². The summed E-state index contributed by atoms with van der Waals surface area (Å²) in [5.74, 6) is 1.03. The first-order chi connectivity index (χ1) is 16.9. The number of amides is 1. The minimum atomic E-state index is -4.03. The zero-order valence-corrected chi connectivity index (χ0v) is 20.9. The molecule has 0 atom stereocenters. The van der Waals surface area contributed by atoms with Gasteiger partial charge in [0.15, 0.2) is 11.5 Å². The van der Waals surface area contributed by atoms with Crippen molar-refractivity contribution >= 4 is 21.6 Å². The molecule has 1 amide bonds. The van der Waals surface area contributed by atoms with Crippen LogP contribution in [0.25, 0.3) is 0 Å².